The van der Waals surface area contributed by atoms with Gasteiger partial charge in [-0.3, -0.25) is 4.79 Å². The van der Waals surface area contributed by atoms with Crippen LogP contribution in [0.25, 0.3) is 0 Å². The number of carbonyl (C=O) groups excluding carboxylic acids is 1. The number of hydrogen-bond donors (Lipinski definition) is 2. The van der Waals surface area contributed by atoms with E-state index >= 15 is 0 Å². The molecule has 1 aromatic heterocycles. The maximum atomic E-state index is 13.3. The van der Waals surface area contributed by atoms with E-state index in [9.17, 15) is 13.6 Å². The zero-order valence-electron chi connectivity index (χ0n) is 16.4. The van der Waals surface area contributed by atoms with Crippen molar-refractivity contribution in [3.63, 3.8) is 0 Å². The van der Waals surface area contributed by atoms with Gasteiger partial charge < -0.3 is 10.6 Å². The topological polar surface area (TPSA) is 41.1 Å². The molecule has 3 rings (SSSR count). The van der Waals surface area contributed by atoms with Gasteiger partial charge in [-0.1, -0.05) is 44.2 Å². The number of carbonyl (C=O) groups is 1. The van der Waals surface area contributed by atoms with Crippen LogP contribution >= 0.6 is 11.3 Å². The maximum Gasteiger partial charge on any atom is 0.234 e. The van der Waals surface area contributed by atoms with Crippen molar-refractivity contribution >= 4 is 17.2 Å². The summed E-state index contributed by atoms with van der Waals surface area (Å²) in [6.45, 7) is 4.21. The fourth-order valence-corrected chi connectivity index (χ4v) is 4.06. The highest BCUT2D eigenvalue weighted by molar-refractivity contribution is 7.10. The largest absolute Gasteiger partial charge is 0.343 e. The molecular weight excluding hydrogens is 390 g/mol. The highest BCUT2D eigenvalue weighted by Gasteiger charge is 2.20. The summed E-state index contributed by atoms with van der Waals surface area (Å²) in [6.07, 6.45) is 0. The van der Waals surface area contributed by atoms with Gasteiger partial charge in [0.2, 0.25) is 5.91 Å². The molecule has 0 fully saturated rings. The van der Waals surface area contributed by atoms with Gasteiger partial charge in [-0.05, 0) is 52.8 Å². The normalized spacial score (nSPS) is 13.3. The van der Waals surface area contributed by atoms with Crippen LogP contribution in [0.1, 0.15) is 41.9 Å². The molecule has 0 saturated carbocycles. The number of rotatable bonds is 8. The highest BCUT2D eigenvalue weighted by Crippen LogP contribution is 2.26. The molecule has 29 heavy (non-hydrogen) atoms. The average Bonchev–Trinajstić information content (AvgIpc) is 3.23. The Labute approximate surface area is 173 Å². The van der Waals surface area contributed by atoms with Crippen LogP contribution in [0.5, 0.6) is 0 Å². The second-order valence-electron chi connectivity index (χ2n) is 7.22. The van der Waals surface area contributed by atoms with Crippen LogP contribution in [-0.4, -0.2) is 12.5 Å². The Morgan fingerprint density at radius 2 is 1.52 bits per heavy atom. The van der Waals surface area contributed by atoms with Crippen LogP contribution in [-0.2, 0) is 4.79 Å². The van der Waals surface area contributed by atoms with Crippen LogP contribution in [0.3, 0.4) is 0 Å². The molecule has 0 aliphatic rings. The molecule has 1 amide bonds. The zero-order valence-corrected chi connectivity index (χ0v) is 17.2. The summed E-state index contributed by atoms with van der Waals surface area (Å²) in [4.78, 5) is 13.7. The smallest absolute Gasteiger partial charge is 0.234 e. The van der Waals surface area contributed by atoms with Crippen molar-refractivity contribution in [3.05, 3.63) is 93.7 Å². The number of thiophene rings is 1. The second-order valence-corrected chi connectivity index (χ2v) is 8.20. The van der Waals surface area contributed by atoms with Gasteiger partial charge in [0.1, 0.15) is 11.6 Å². The predicted octanol–water partition coefficient (Wildman–Crippen LogP) is 5.22. The summed E-state index contributed by atoms with van der Waals surface area (Å²) in [6, 6.07) is 15.9. The Morgan fingerprint density at radius 3 is 2.03 bits per heavy atom. The molecule has 2 atom stereocenters. The zero-order chi connectivity index (χ0) is 20.8. The van der Waals surface area contributed by atoms with Gasteiger partial charge in [-0.15, -0.1) is 11.3 Å². The number of nitrogens with one attached hydrogen (secondary N) is 2. The first kappa shape index (κ1) is 21.1. The minimum Gasteiger partial charge on any atom is -0.343 e. The lowest BCUT2D eigenvalue weighted by molar-refractivity contribution is -0.120. The second kappa shape index (κ2) is 9.76. The lowest BCUT2D eigenvalue weighted by Gasteiger charge is -2.24. The van der Waals surface area contributed by atoms with E-state index in [0.717, 1.165) is 16.0 Å². The number of hydrogen-bond acceptors (Lipinski definition) is 3. The fraction of sp³-hybridized carbons (Fsp3) is 0.261. The van der Waals surface area contributed by atoms with Crippen LogP contribution < -0.4 is 10.6 Å². The van der Waals surface area contributed by atoms with Crippen molar-refractivity contribution in [2.24, 2.45) is 5.92 Å². The Morgan fingerprint density at radius 1 is 0.931 bits per heavy atom. The van der Waals surface area contributed by atoms with Crippen molar-refractivity contribution in [1.29, 1.82) is 0 Å². The van der Waals surface area contributed by atoms with Crippen molar-refractivity contribution in [2.45, 2.75) is 25.9 Å². The molecule has 6 heteroatoms. The SMILES string of the molecule is CC(C)C(NCC(=O)NC(c1ccc(F)cc1)c1cccs1)c1ccc(F)cc1. The van der Waals surface area contributed by atoms with Crippen molar-refractivity contribution in [2.75, 3.05) is 6.54 Å². The summed E-state index contributed by atoms with van der Waals surface area (Å²) in [7, 11) is 0. The lowest BCUT2D eigenvalue weighted by Crippen LogP contribution is -2.39. The van der Waals surface area contributed by atoms with Gasteiger partial charge in [0.25, 0.3) is 0 Å². The summed E-state index contributed by atoms with van der Waals surface area (Å²) in [5.74, 6) is -0.545. The van der Waals surface area contributed by atoms with E-state index in [1.165, 1.54) is 35.6 Å². The molecule has 2 N–H and O–H groups in total. The van der Waals surface area contributed by atoms with Crippen molar-refractivity contribution in [1.82, 2.24) is 10.6 Å². The molecular formula is C23H24F2N2OS. The standard InChI is InChI=1S/C23H24F2N2OS/c1-15(2)22(16-5-9-18(24)10-6-16)26-14-21(28)27-23(20-4-3-13-29-20)17-7-11-19(25)12-8-17/h3-13,15,22-23,26H,14H2,1-2H3,(H,27,28). The highest BCUT2D eigenvalue weighted by atomic mass is 32.1. The molecule has 0 radical (unpaired) electrons. The Kier molecular flexibility index (Phi) is 7.12. The minimum atomic E-state index is -0.340. The quantitative estimate of drug-likeness (QED) is 0.531. The van der Waals surface area contributed by atoms with Crippen LogP contribution in [0, 0.1) is 17.6 Å². The van der Waals surface area contributed by atoms with E-state index in [2.05, 4.69) is 10.6 Å². The van der Waals surface area contributed by atoms with Gasteiger partial charge in [0.05, 0.1) is 12.6 Å². The van der Waals surface area contributed by atoms with E-state index in [0.29, 0.717) is 0 Å². The number of amides is 1. The average molecular weight is 415 g/mol. The molecule has 1 heterocycles. The van der Waals surface area contributed by atoms with Gasteiger partial charge in [0, 0.05) is 10.9 Å². The van der Waals surface area contributed by atoms with E-state index in [4.69, 9.17) is 0 Å². The maximum absolute atomic E-state index is 13.3. The van der Waals surface area contributed by atoms with Gasteiger partial charge in [0.15, 0.2) is 0 Å². The summed E-state index contributed by atoms with van der Waals surface area (Å²) < 4.78 is 26.5. The molecule has 2 aromatic carbocycles. The van der Waals surface area contributed by atoms with Crippen LogP contribution in [0.4, 0.5) is 8.78 Å². The molecule has 3 nitrogen and oxygen atoms in total. The third kappa shape index (κ3) is 5.71. The fourth-order valence-electron chi connectivity index (χ4n) is 3.25. The first-order chi connectivity index (χ1) is 13.9. The molecule has 0 aliphatic carbocycles. The Bertz CT molecular complexity index is 909. The monoisotopic (exact) mass is 414 g/mol. The van der Waals surface area contributed by atoms with E-state index in [-0.39, 0.29) is 42.1 Å². The third-order valence-corrected chi connectivity index (χ3v) is 5.65. The van der Waals surface area contributed by atoms with Crippen molar-refractivity contribution in [3.8, 4) is 0 Å². The number of halogens is 2. The van der Waals surface area contributed by atoms with Crippen molar-refractivity contribution < 1.29 is 13.6 Å². The van der Waals surface area contributed by atoms with E-state index < -0.39 is 0 Å². The van der Waals surface area contributed by atoms with Gasteiger partial charge in [-0.2, -0.15) is 0 Å². The summed E-state index contributed by atoms with van der Waals surface area (Å²) in [5, 5.41) is 8.26. The van der Waals surface area contributed by atoms with E-state index in [1.54, 1.807) is 24.3 Å². The summed E-state index contributed by atoms with van der Waals surface area (Å²) >= 11 is 1.54. The Balaban J connectivity index is 1.69. The molecule has 0 aliphatic heterocycles. The van der Waals surface area contributed by atoms with Gasteiger partial charge in [-0.25, -0.2) is 8.78 Å². The first-order valence-corrected chi connectivity index (χ1v) is 10.4. The first-order valence-electron chi connectivity index (χ1n) is 9.51. The molecule has 2 unspecified atom stereocenters. The minimum absolute atomic E-state index is 0.0765. The Hall–Kier alpha value is -2.57. The van der Waals surface area contributed by atoms with Crippen LogP contribution in [0.15, 0.2) is 66.0 Å². The molecule has 0 saturated heterocycles. The molecule has 3 aromatic rings. The molecule has 0 spiro atoms. The molecule has 152 valence electrons. The number of benzene rings is 2. The summed E-state index contributed by atoms with van der Waals surface area (Å²) in [5.41, 5.74) is 1.75. The van der Waals surface area contributed by atoms with Gasteiger partial charge >= 0.3 is 0 Å². The predicted molar refractivity (Wildman–Crippen MR) is 113 cm³/mol. The van der Waals surface area contributed by atoms with Crippen LogP contribution in [0.2, 0.25) is 0 Å². The molecule has 0 bridgehead atoms. The lowest BCUT2D eigenvalue weighted by atomic mass is 9.96. The van der Waals surface area contributed by atoms with E-state index in [1.807, 2.05) is 31.4 Å². The third-order valence-electron chi connectivity index (χ3n) is 4.71.